The van der Waals surface area contributed by atoms with Crippen LogP contribution in [-0.2, 0) is 12.8 Å². The second-order valence-corrected chi connectivity index (χ2v) is 6.47. The van der Waals surface area contributed by atoms with Gasteiger partial charge in [-0.25, -0.2) is 0 Å². The van der Waals surface area contributed by atoms with Crippen molar-refractivity contribution in [1.82, 2.24) is 5.32 Å². The smallest absolute Gasteiger partial charge is 0.00697 e. The van der Waals surface area contributed by atoms with Crippen LogP contribution in [0, 0.1) is 5.92 Å². The van der Waals surface area contributed by atoms with Crippen LogP contribution in [0.4, 0.5) is 0 Å². The summed E-state index contributed by atoms with van der Waals surface area (Å²) in [6, 6.07) is 5.44. The Balaban J connectivity index is 1.85. The lowest BCUT2D eigenvalue weighted by atomic mass is 9.83. The van der Waals surface area contributed by atoms with E-state index < -0.39 is 0 Å². The first-order valence-electron chi connectivity index (χ1n) is 7.12. The Morgan fingerprint density at radius 3 is 2.76 bits per heavy atom. The highest BCUT2D eigenvalue weighted by Gasteiger charge is 2.21. The van der Waals surface area contributed by atoms with Crippen molar-refractivity contribution in [3.05, 3.63) is 21.9 Å². The van der Waals surface area contributed by atoms with Crippen molar-refractivity contribution in [2.45, 2.75) is 58.4 Å². The minimum Gasteiger partial charge on any atom is -0.314 e. The second kappa shape index (κ2) is 6.55. The standard InChI is InChI=1S/C15H25NS/c1-3-14-8-9-15(17-14)11-12-6-5-7-13(10-12)16-4-2/h8-9,12-13,16H,3-7,10-11H2,1-2H3. The minimum absolute atomic E-state index is 0.782. The number of nitrogens with one attached hydrogen (secondary N) is 1. The van der Waals surface area contributed by atoms with Crippen LogP contribution in [0.2, 0.25) is 0 Å². The minimum atomic E-state index is 0.782. The average molecular weight is 251 g/mol. The maximum atomic E-state index is 3.62. The van der Waals surface area contributed by atoms with E-state index in [0.29, 0.717) is 0 Å². The Labute approximate surface area is 110 Å². The molecular weight excluding hydrogens is 226 g/mol. The highest BCUT2D eigenvalue weighted by Crippen LogP contribution is 2.29. The Bertz CT molecular complexity index is 329. The van der Waals surface area contributed by atoms with Crippen molar-refractivity contribution < 1.29 is 0 Å². The Kier molecular flexibility index (Phi) is 5.05. The van der Waals surface area contributed by atoms with Gasteiger partial charge in [0.1, 0.15) is 0 Å². The zero-order valence-corrected chi connectivity index (χ0v) is 12.0. The zero-order valence-electron chi connectivity index (χ0n) is 11.2. The third-order valence-electron chi connectivity index (χ3n) is 3.83. The van der Waals surface area contributed by atoms with E-state index in [2.05, 4.69) is 31.3 Å². The largest absolute Gasteiger partial charge is 0.314 e. The Morgan fingerprint density at radius 2 is 2.06 bits per heavy atom. The van der Waals surface area contributed by atoms with E-state index in [0.717, 1.165) is 18.5 Å². The van der Waals surface area contributed by atoms with Gasteiger partial charge in [0.25, 0.3) is 0 Å². The van der Waals surface area contributed by atoms with Crippen LogP contribution in [0.25, 0.3) is 0 Å². The van der Waals surface area contributed by atoms with Gasteiger partial charge in [-0.15, -0.1) is 11.3 Å². The molecular formula is C15H25NS. The van der Waals surface area contributed by atoms with Crippen LogP contribution in [0.15, 0.2) is 12.1 Å². The van der Waals surface area contributed by atoms with E-state index in [1.807, 2.05) is 11.3 Å². The Morgan fingerprint density at radius 1 is 1.24 bits per heavy atom. The molecule has 0 bridgehead atoms. The fourth-order valence-corrected chi connectivity index (χ4v) is 4.03. The fourth-order valence-electron chi connectivity index (χ4n) is 2.96. The zero-order chi connectivity index (χ0) is 12.1. The molecule has 1 aliphatic rings. The molecule has 0 spiro atoms. The van der Waals surface area contributed by atoms with E-state index in [1.54, 1.807) is 9.75 Å². The molecule has 1 fully saturated rings. The summed E-state index contributed by atoms with van der Waals surface area (Å²) < 4.78 is 0. The van der Waals surface area contributed by atoms with E-state index in [-0.39, 0.29) is 0 Å². The van der Waals surface area contributed by atoms with E-state index in [4.69, 9.17) is 0 Å². The summed E-state index contributed by atoms with van der Waals surface area (Å²) >= 11 is 2.02. The molecule has 2 unspecified atom stereocenters. The van der Waals surface area contributed by atoms with Crippen molar-refractivity contribution in [3.8, 4) is 0 Å². The van der Waals surface area contributed by atoms with Gasteiger partial charge >= 0.3 is 0 Å². The lowest BCUT2D eigenvalue weighted by molar-refractivity contribution is 0.288. The van der Waals surface area contributed by atoms with Crippen molar-refractivity contribution in [3.63, 3.8) is 0 Å². The molecule has 1 saturated carbocycles. The lowest BCUT2D eigenvalue weighted by Gasteiger charge is -2.29. The number of hydrogen-bond acceptors (Lipinski definition) is 2. The third-order valence-corrected chi connectivity index (χ3v) is 5.08. The van der Waals surface area contributed by atoms with Crippen LogP contribution < -0.4 is 5.32 Å². The molecule has 1 heterocycles. The summed E-state index contributed by atoms with van der Waals surface area (Å²) in [5, 5.41) is 3.62. The molecule has 1 N–H and O–H groups in total. The predicted molar refractivity (Wildman–Crippen MR) is 76.8 cm³/mol. The second-order valence-electron chi connectivity index (χ2n) is 5.21. The van der Waals surface area contributed by atoms with Crippen molar-refractivity contribution in [1.29, 1.82) is 0 Å². The van der Waals surface area contributed by atoms with Gasteiger partial charge in [-0.3, -0.25) is 0 Å². The van der Waals surface area contributed by atoms with Gasteiger partial charge in [0.2, 0.25) is 0 Å². The summed E-state index contributed by atoms with van der Waals surface area (Å²) in [5.41, 5.74) is 0. The van der Waals surface area contributed by atoms with Crippen LogP contribution in [0.1, 0.15) is 49.3 Å². The van der Waals surface area contributed by atoms with E-state index >= 15 is 0 Å². The normalized spacial score (nSPS) is 25.1. The molecule has 1 aromatic heterocycles. The molecule has 96 valence electrons. The van der Waals surface area contributed by atoms with Crippen molar-refractivity contribution >= 4 is 11.3 Å². The molecule has 0 aliphatic heterocycles. The van der Waals surface area contributed by atoms with Crippen LogP contribution in [-0.4, -0.2) is 12.6 Å². The van der Waals surface area contributed by atoms with Gasteiger partial charge in [0.05, 0.1) is 0 Å². The number of thiophene rings is 1. The Hall–Kier alpha value is -0.340. The quantitative estimate of drug-likeness (QED) is 0.833. The molecule has 0 amide bonds. The number of aryl methyl sites for hydroxylation is 1. The highest BCUT2D eigenvalue weighted by molar-refractivity contribution is 7.11. The summed E-state index contributed by atoms with van der Waals surface area (Å²) in [7, 11) is 0. The van der Waals surface area contributed by atoms with Gasteiger partial charge in [0.15, 0.2) is 0 Å². The maximum absolute atomic E-state index is 3.62. The predicted octanol–water partition coefficient (Wildman–Crippen LogP) is 4.02. The van der Waals surface area contributed by atoms with Gasteiger partial charge < -0.3 is 5.32 Å². The highest BCUT2D eigenvalue weighted by atomic mass is 32.1. The molecule has 0 aromatic carbocycles. The first-order chi connectivity index (χ1) is 8.31. The van der Waals surface area contributed by atoms with Gasteiger partial charge in [-0.1, -0.05) is 20.3 Å². The molecule has 2 heteroatoms. The molecule has 1 aromatic rings. The van der Waals surface area contributed by atoms with Crippen molar-refractivity contribution in [2.24, 2.45) is 5.92 Å². The maximum Gasteiger partial charge on any atom is 0.00697 e. The first kappa shape index (κ1) is 13.1. The summed E-state index contributed by atoms with van der Waals surface area (Å²) in [6.45, 7) is 5.59. The van der Waals surface area contributed by atoms with Gasteiger partial charge in [-0.05, 0) is 56.7 Å². The van der Waals surface area contributed by atoms with Crippen LogP contribution >= 0.6 is 11.3 Å². The topological polar surface area (TPSA) is 12.0 Å². The lowest BCUT2D eigenvalue weighted by Crippen LogP contribution is -2.34. The molecule has 1 aliphatic carbocycles. The number of hydrogen-bond donors (Lipinski definition) is 1. The molecule has 2 atom stereocenters. The van der Waals surface area contributed by atoms with Crippen molar-refractivity contribution in [2.75, 3.05) is 6.54 Å². The summed E-state index contributed by atoms with van der Waals surface area (Å²) in [6.07, 6.45) is 8.11. The van der Waals surface area contributed by atoms with E-state index in [9.17, 15) is 0 Å². The molecule has 17 heavy (non-hydrogen) atoms. The van der Waals surface area contributed by atoms with Crippen LogP contribution in [0.5, 0.6) is 0 Å². The summed E-state index contributed by atoms with van der Waals surface area (Å²) in [5.74, 6) is 0.913. The first-order valence-corrected chi connectivity index (χ1v) is 7.94. The van der Waals surface area contributed by atoms with Gasteiger partial charge in [-0.2, -0.15) is 0 Å². The molecule has 2 rings (SSSR count). The van der Waals surface area contributed by atoms with Crippen LogP contribution in [0.3, 0.4) is 0 Å². The van der Waals surface area contributed by atoms with E-state index in [1.165, 1.54) is 38.5 Å². The SMILES string of the molecule is CCNC1CCCC(Cc2ccc(CC)s2)C1. The monoisotopic (exact) mass is 251 g/mol. The third kappa shape index (κ3) is 3.82. The molecule has 0 radical (unpaired) electrons. The number of rotatable bonds is 5. The molecule has 0 saturated heterocycles. The fraction of sp³-hybridized carbons (Fsp3) is 0.733. The summed E-state index contributed by atoms with van der Waals surface area (Å²) in [4.78, 5) is 3.14. The van der Waals surface area contributed by atoms with Gasteiger partial charge in [0, 0.05) is 15.8 Å². The average Bonchev–Trinajstić information content (AvgIpc) is 2.78. The molecule has 1 nitrogen and oxygen atoms in total.